The molecule has 0 spiro atoms. The van der Waals surface area contributed by atoms with Gasteiger partial charge in [0.05, 0.1) is 11.1 Å². The van der Waals surface area contributed by atoms with Gasteiger partial charge in [-0.15, -0.1) is 22.7 Å². The predicted molar refractivity (Wildman–Crippen MR) is 101 cm³/mol. The summed E-state index contributed by atoms with van der Waals surface area (Å²) >= 11 is 3.07. The molecule has 25 heavy (non-hydrogen) atoms. The zero-order valence-electron chi connectivity index (χ0n) is 13.6. The van der Waals surface area contributed by atoms with E-state index in [0.717, 1.165) is 15.3 Å². The molecule has 3 N–H and O–H groups in total. The molecule has 9 heteroatoms. The first kappa shape index (κ1) is 16.9. The summed E-state index contributed by atoms with van der Waals surface area (Å²) in [6, 6.07) is 3.90. The minimum absolute atomic E-state index is 0.0333. The van der Waals surface area contributed by atoms with Crippen molar-refractivity contribution in [2.24, 2.45) is 0 Å². The number of hydrogen-bond donors (Lipinski definition) is 2. The number of H-pyrrole nitrogens is 1. The van der Waals surface area contributed by atoms with E-state index < -0.39 is 9.84 Å². The van der Waals surface area contributed by atoms with Gasteiger partial charge in [0.1, 0.15) is 22.7 Å². The Morgan fingerprint density at radius 1 is 1.40 bits per heavy atom. The van der Waals surface area contributed by atoms with E-state index in [0.29, 0.717) is 17.6 Å². The fourth-order valence-corrected chi connectivity index (χ4v) is 6.80. The number of nitrogens with one attached hydrogen (secondary N) is 1. The van der Waals surface area contributed by atoms with Gasteiger partial charge in [0, 0.05) is 22.2 Å². The van der Waals surface area contributed by atoms with Crippen LogP contribution in [0.25, 0.3) is 20.7 Å². The van der Waals surface area contributed by atoms with Crippen molar-refractivity contribution in [3.05, 3.63) is 39.1 Å². The van der Waals surface area contributed by atoms with Crippen LogP contribution in [0.5, 0.6) is 0 Å². The normalized spacial score (nSPS) is 20.9. The highest BCUT2D eigenvalue weighted by Crippen LogP contribution is 2.33. The molecular formula is C16H18N3O3S3+. The summed E-state index contributed by atoms with van der Waals surface area (Å²) in [5.41, 5.74) is 0.790. The highest BCUT2D eigenvalue weighted by molar-refractivity contribution is 7.91. The molecule has 0 bridgehead atoms. The quantitative estimate of drug-likeness (QED) is 0.699. The van der Waals surface area contributed by atoms with Crippen molar-refractivity contribution < 1.29 is 13.7 Å². The van der Waals surface area contributed by atoms with Gasteiger partial charge in [-0.3, -0.25) is 4.79 Å². The highest BCUT2D eigenvalue weighted by atomic mass is 32.2. The number of aromatic amines is 1. The average Bonchev–Trinajstić information content (AvgIpc) is 3.26. The van der Waals surface area contributed by atoms with E-state index in [2.05, 4.69) is 9.97 Å². The van der Waals surface area contributed by atoms with E-state index in [4.69, 9.17) is 0 Å². The molecule has 4 heterocycles. The SMILES string of the molecule is C[C@H]([NH2+][C@H]1CCS(=O)(=O)C1)c1nc2scc(-c3cccs3)c2c(=O)[nH]1. The number of quaternary nitrogens is 1. The predicted octanol–water partition coefficient (Wildman–Crippen LogP) is 1.52. The number of fused-ring (bicyclic) bond motifs is 1. The Bertz CT molecular complexity index is 1070. The van der Waals surface area contributed by atoms with Crippen LogP contribution in [0.2, 0.25) is 0 Å². The second-order valence-electron chi connectivity index (χ2n) is 6.40. The van der Waals surface area contributed by atoms with E-state index >= 15 is 0 Å². The van der Waals surface area contributed by atoms with E-state index in [1.165, 1.54) is 11.3 Å². The molecule has 1 saturated heterocycles. The summed E-state index contributed by atoms with van der Waals surface area (Å²) < 4.78 is 23.2. The lowest BCUT2D eigenvalue weighted by atomic mass is 10.2. The number of nitrogens with two attached hydrogens (primary N) is 1. The van der Waals surface area contributed by atoms with E-state index in [9.17, 15) is 13.2 Å². The number of nitrogens with zero attached hydrogens (tertiary/aromatic N) is 1. The maximum Gasteiger partial charge on any atom is 0.260 e. The Morgan fingerprint density at radius 2 is 2.24 bits per heavy atom. The van der Waals surface area contributed by atoms with Crippen molar-refractivity contribution in [1.82, 2.24) is 9.97 Å². The minimum Gasteiger partial charge on any atom is -0.334 e. The molecule has 2 atom stereocenters. The standard InChI is InChI=1S/C16H17N3O3S3/c1-9(17-10-4-6-25(21,22)8-10)14-18-15(20)13-11(7-24-16(13)19-14)12-3-2-5-23-12/h2-3,5,7,9-10,17H,4,6,8H2,1H3,(H,18,19,20)/p+1/t9-,10-/m0/s1. The van der Waals surface area contributed by atoms with Crippen LogP contribution >= 0.6 is 22.7 Å². The molecule has 1 aliphatic rings. The summed E-state index contributed by atoms with van der Waals surface area (Å²) in [6.45, 7) is 1.95. The maximum atomic E-state index is 12.6. The maximum absolute atomic E-state index is 12.6. The zero-order valence-corrected chi connectivity index (χ0v) is 16.0. The minimum atomic E-state index is -2.91. The van der Waals surface area contributed by atoms with Gasteiger partial charge in [0.15, 0.2) is 15.7 Å². The average molecular weight is 397 g/mol. The third-order valence-electron chi connectivity index (χ3n) is 4.51. The van der Waals surface area contributed by atoms with E-state index in [1.807, 2.05) is 35.1 Å². The summed E-state index contributed by atoms with van der Waals surface area (Å²) in [7, 11) is -2.91. The fraction of sp³-hybridized carbons (Fsp3) is 0.375. The Hall–Kier alpha value is -1.55. The van der Waals surface area contributed by atoms with Gasteiger partial charge < -0.3 is 10.3 Å². The molecule has 3 aromatic rings. The first-order valence-electron chi connectivity index (χ1n) is 8.03. The van der Waals surface area contributed by atoms with Gasteiger partial charge in [-0.2, -0.15) is 0 Å². The molecule has 0 unspecified atom stereocenters. The second-order valence-corrected chi connectivity index (χ2v) is 10.4. The Balaban J connectivity index is 1.64. The lowest BCUT2D eigenvalue weighted by Crippen LogP contribution is -2.91. The van der Waals surface area contributed by atoms with Crippen LogP contribution in [0.3, 0.4) is 0 Å². The molecule has 1 fully saturated rings. The zero-order chi connectivity index (χ0) is 17.6. The number of aromatic nitrogens is 2. The first-order valence-corrected chi connectivity index (χ1v) is 11.6. The molecule has 0 saturated carbocycles. The second kappa shape index (κ2) is 6.31. The Kier molecular flexibility index (Phi) is 4.27. The van der Waals surface area contributed by atoms with Gasteiger partial charge in [-0.1, -0.05) is 6.07 Å². The largest absolute Gasteiger partial charge is 0.334 e. The van der Waals surface area contributed by atoms with Crippen molar-refractivity contribution in [3.63, 3.8) is 0 Å². The van der Waals surface area contributed by atoms with Crippen LogP contribution in [0.4, 0.5) is 0 Å². The van der Waals surface area contributed by atoms with Gasteiger partial charge in [0.25, 0.3) is 5.56 Å². The van der Waals surface area contributed by atoms with Crippen LogP contribution in [-0.4, -0.2) is 35.9 Å². The molecule has 1 aliphatic heterocycles. The monoisotopic (exact) mass is 396 g/mol. The number of rotatable bonds is 4. The fourth-order valence-electron chi connectivity index (χ4n) is 3.27. The molecule has 3 aromatic heterocycles. The third kappa shape index (κ3) is 3.29. The van der Waals surface area contributed by atoms with Crippen molar-refractivity contribution in [2.75, 3.05) is 11.5 Å². The Labute approximate surface area is 152 Å². The molecule has 0 amide bonds. The van der Waals surface area contributed by atoms with Gasteiger partial charge in [-0.25, -0.2) is 13.4 Å². The number of thiophene rings is 2. The number of sulfone groups is 1. The van der Waals surface area contributed by atoms with Crippen LogP contribution in [0.15, 0.2) is 27.7 Å². The molecule has 6 nitrogen and oxygen atoms in total. The lowest BCUT2D eigenvalue weighted by Gasteiger charge is -2.14. The molecule has 0 aliphatic carbocycles. The lowest BCUT2D eigenvalue weighted by molar-refractivity contribution is -0.721. The summed E-state index contributed by atoms with van der Waals surface area (Å²) in [5, 5.41) is 6.59. The summed E-state index contributed by atoms with van der Waals surface area (Å²) in [6.07, 6.45) is 0.653. The van der Waals surface area contributed by atoms with Gasteiger partial charge in [0.2, 0.25) is 0 Å². The Morgan fingerprint density at radius 3 is 2.92 bits per heavy atom. The van der Waals surface area contributed by atoms with Crippen LogP contribution in [-0.2, 0) is 9.84 Å². The third-order valence-corrected chi connectivity index (χ3v) is 8.08. The number of hydrogen-bond acceptors (Lipinski definition) is 6. The molecule has 0 radical (unpaired) electrons. The molecule has 4 rings (SSSR count). The first-order chi connectivity index (χ1) is 11.9. The van der Waals surface area contributed by atoms with E-state index in [-0.39, 0.29) is 29.1 Å². The van der Waals surface area contributed by atoms with Gasteiger partial charge in [-0.05, 0) is 18.4 Å². The topological polar surface area (TPSA) is 96.5 Å². The molecule has 0 aromatic carbocycles. The molecular weight excluding hydrogens is 378 g/mol. The highest BCUT2D eigenvalue weighted by Gasteiger charge is 2.32. The van der Waals surface area contributed by atoms with Crippen LogP contribution in [0.1, 0.15) is 25.2 Å². The summed E-state index contributed by atoms with van der Waals surface area (Å²) in [4.78, 5) is 21.9. The smallest absolute Gasteiger partial charge is 0.260 e. The van der Waals surface area contributed by atoms with Crippen LogP contribution in [0, 0.1) is 0 Å². The van der Waals surface area contributed by atoms with Crippen molar-refractivity contribution in [2.45, 2.75) is 25.4 Å². The van der Waals surface area contributed by atoms with Crippen molar-refractivity contribution in [3.8, 4) is 10.4 Å². The van der Waals surface area contributed by atoms with Crippen molar-refractivity contribution >= 4 is 42.7 Å². The van der Waals surface area contributed by atoms with Gasteiger partial charge >= 0.3 is 0 Å². The summed E-state index contributed by atoms with van der Waals surface area (Å²) in [5.74, 6) is 1.05. The van der Waals surface area contributed by atoms with Crippen molar-refractivity contribution in [1.29, 1.82) is 0 Å². The molecule has 132 valence electrons. The van der Waals surface area contributed by atoms with Crippen LogP contribution < -0.4 is 10.9 Å². The van der Waals surface area contributed by atoms with E-state index in [1.54, 1.807) is 11.3 Å².